The van der Waals surface area contributed by atoms with E-state index in [-0.39, 0.29) is 17.7 Å². The van der Waals surface area contributed by atoms with Gasteiger partial charge in [0.1, 0.15) is 12.7 Å². The molecule has 0 aliphatic carbocycles. The summed E-state index contributed by atoms with van der Waals surface area (Å²) in [5.41, 5.74) is 2.62. The molecule has 0 saturated carbocycles. The van der Waals surface area contributed by atoms with Gasteiger partial charge in [0.15, 0.2) is 6.20 Å². The lowest BCUT2D eigenvalue weighted by atomic mass is 10.0. The summed E-state index contributed by atoms with van der Waals surface area (Å²) >= 11 is 6.14. The second-order valence-corrected chi connectivity index (χ2v) is 7.19. The number of aromatic carboxylic acids is 1. The van der Waals surface area contributed by atoms with Crippen molar-refractivity contribution in [2.45, 2.75) is 6.42 Å². The van der Waals surface area contributed by atoms with Gasteiger partial charge in [0, 0.05) is 27.9 Å². The Morgan fingerprint density at radius 1 is 1.12 bits per heavy atom. The van der Waals surface area contributed by atoms with Gasteiger partial charge in [0.05, 0.1) is 11.3 Å². The number of hydrogen-bond donors (Lipinski definition) is 2. The highest BCUT2D eigenvalue weighted by atomic mass is 35.5. The molecular formula is C21H15ClN6O4. The van der Waals surface area contributed by atoms with Crippen LogP contribution in [0.1, 0.15) is 16.1 Å². The van der Waals surface area contributed by atoms with Crippen LogP contribution in [0.25, 0.3) is 16.8 Å². The maximum atomic E-state index is 12.6. The molecule has 0 spiro atoms. The molecule has 0 aliphatic heterocycles. The third-order valence-electron chi connectivity index (χ3n) is 4.62. The highest BCUT2D eigenvalue weighted by molar-refractivity contribution is 6.31. The van der Waals surface area contributed by atoms with Crippen LogP contribution in [0.3, 0.4) is 0 Å². The monoisotopic (exact) mass is 450 g/mol. The smallest absolute Gasteiger partial charge is 0.335 e. The summed E-state index contributed by atoms with van der Waals surface area (Å²) in [6.07, 6.45) is 2.61. The Morgan fingerprint density at radius 3 is 2.56 bits per heavy atom. The average Bonchev–Trinajstić information content (AvgIpc) is 3.30. The number of halogens is 1. The lowest BCUT2D eigenvalue weighted by molar-refractivity contribution is -0.612. The number of pyridine rings is 1. The number of carboxylic acid groups (broad SMARTS) is 1. The van der Waals surface area contributed by atoms with E-state index in [0.717, 1.165) is 0 Å². The Bertz CT molecular complexity index is 1290. The molecule has 0 fully saturated rings. The minimum atomic E-state index is -1.06. The summed E-state index contributed by atoms with van der Waals surface area (Å²) in [6, 6.07) is 14.1. The number of tetrazole rings is 1. The highest BCUT2D eigenvalue weighted by Gasteiger charge is 2.16. The average molecular weight is 451 g/mol. The third kappa shape index (κ3) is 4.55. The largest absolute Gasteiger partial charge is 0.618 e. The number of carboxylic acids is 1. The molecular weight excluding hydrogens is 436 g/mol. The number of carbonyl (C=O) groups excluding carboxylic acids is 1. The molecule has 4 aromatic rings. The van der Waals surface area contributed by atoms with Crippen LogP contribution in [0.2, 0.25) is 5.02 Å². The minimum absolute atomic E-state index is 0.109. The maximum Gasteiger partial charge on any atom is 0.335 e. The lowest BCUT2D eigenvalue weighted by Gasteiger charge is -2.11. The van der Waals surface area contributed by atoms with Crippen molar-refractivity contribution in [2.24, 2.45) is 0 Å². The van der Waals surface area contributed by atoms with Gasteiger partial charge in [-0.25, -0.2) is 4.79 Å². The maximum absolute atomic E-state index is 12.6. The standard InChI is InChI=1S/C21H15ClN6O4/c22-15-4-8-19(27-12-23-25-26-27)18(9-15)14-3-7-17(28(32)11-14)10-20(29)24-16-5-1-13(2-6-16)21(30)31/h1-9,11-12H,10H2,(H,24,29)(H,30,31). The van der Waals surface area contributed by atoms with Crippen molar-refractivity contribution in [3.8, 4) is 16.8 Å². The molecule has 0 radical (unpaired) electrons. The first-order chi connectivity index (χ1) is 15.4. The van der Waals surface area contributed by atoms with E-state index in [2.05, 4.69) is 20.8 Å². The molecule has 0 aliphatic rings. The normalized spacial score (nSPS) is 10.7. The number of carbonyl (C=O) groups is 2. The molecule has 10 nitrogen and oxygen atoms in total. The van der Waals surface area contributed by atoms with Crippen LogP contribution in [0.4, 0.5) is 5.69 Å². The van der Waals surface area contributed by atoms with Crippen molar-refractivity contribution in [2.75, 3.05) is 5.32 Å². The summed E-state index contributed by atoms with van der Waals surface area (Å²) in [7, 11) is 0. The molecule has 2 N–H and O–H groups in total. The Labute approximate surface area is 186 Å². The van der Waals surface area contributed by atoms with Crippen LogP contribution >= 0.6 is 11.6 Å². The number of hydrogen-bond acceptors (Lipinski definition) is 6. The van der Waals surface area contributed by atoms with Crippen molar-refractivity contribution in [3.05, 3.63) is 88.6 Å². The fraction of sp³-hybridized carbons (Fsp3) is 0.0476. The number of rotatable bonds is 6. The number of nitrogens with zero attached hydrogens (tertiary/aromatic N) is 5. The van der Waals surface area contributed by atoms with Gasteiger partial charge < -0.3 is 15.6 Å². The van der Waals surface area contributed by atoms with Gasteiger partial charge in [-0.3, -0.25) is 4.79 Å². The Morgan fingerprint density at radius 2 is 1.91 bits per heavy atom. The predicted molar refractivity (Wildman–Crippen MR) is 114 cm³/mol. The Hall–Kier alpha value is -4.31. The van der Waals surface area contributed by atoms with Crippen molar-refractivity contribution < 1.29 is 19.4 Å². The second kappa shape index (κ2) is 8.82. The molecule has 4 rings (SSSR count). The van der Waals surface area contributed by atoms with Gasteiger partial charge in [0.25, 0.3) is 0 Å². The van der Waals surface area contributed by atoms with Gasteiger partial charge in [-0.15, -0.1) is 5.10 Å². The van der Waals surface area contributed by atoms with Gasteiger partial charge in [-0.05, 0) is 59.0 Å². The van der Waals surface area contributed by atoms with Crippen LogP contribution in [0, 0.1) is 5.21 Å². The van der Waals surface area contributed by atoms with Gasteiger partial charge in [-0.1, -0.05) is 11.6 Å². The number of nitrogens with one attached hydrogen (secondary N) is 1. The zero-order valence-electron chi connectivity index (χ0n) is 16.3. The molecule has 0 unspecified atom stereocenters. The van der Waals surface area contributed by atoms with E-state index in [0.29, 0.717) is 32.3 Å². The quantitative estimate of drug-likeness (QED) is 0.340. The van der Waals surface area contributed by atoms with Crippen LogP contribution in [0.5, 0.6) is 0 Å². The number of benzene rings is 2. The number of aromatic nitrogens is 5. The van der Waals surface area contributed by atoms with E-state index in [4.69, 9.17) is 16.7 Å². The fourth-order valence-electron chi connectivity index (χ4n) is 3.08. The van der Waals surface area contributed by atoms with E-state index in [1.165, 1.54) is 41.5 Å². The lowest BCUT2D eigenvalue weighted by Crippen LogP contribution is -2.34. The predicted octanol–water partition coefficient (Wildman–Crippen LogP) is 2.50. The number of anilines is 1. The van der Waals surface area contributed by atoms with Gasteiger partial charge in [-0.2, -0.15) is 9.41 Å². The third-order valence-corrected chi connectivity index (χ3v) is 4.85. The van der Waals surface area contributed by atoms with E-state index in [9.17, 15) is 14.8 Å². The first-order valence-corrected chi connectivity index (χ1v) is 9.67. The molecule has 1 amide bonds. The molecule has 2 heterocycles. The summed E-state index contributed by atoms with van der Waals surface area (Å²) in [5, 5.41) is 35.8. The van der Waals surface area contributed by atoms with Crippen LogP contribution in [-0.2, 0) is 11.2 Å². The van der Waals surface area contributed by atoms with Gasteiger partial charge >= 0.3 is 5.97 Å². The van der Waals surface area contributed by atoms with Crippen LogP contribution in [-0.4, -0.2) is 37.2 Å². The fourth-order valence-corrected chi connectivity index (χ4v) is 3.26. The first-order valence-electron chi connectivity index (χ1n) is 9.29. The van der Waals surface area contributed by atoms with Crippen molar-refractivity contribution in [1.82, 2.24) is 20.2 Å². The summed E-state index contributed by atoms with van der Waals surface area (Å²) < 4.78 is 2.07. The molecule has 2 aromatic carbocycles. The number of amides is 1. The topological polar surface area (TPSA) is 137 Å². The summed E-state index contributed by atoms with van der Waals surface area (Å²) in [4.78, 5) is 23.2. The molecule has 32 heavy (non-hydrogen) atoms. The second-order valence-electron chi connectivity index (χ2n) is 6.76. The molecule has 11 heteroatoms. The molecule has 2 aromatic heterocycles. The molecule has 0 saturated heterocycles. The van der Waals surface area contributed by atoms with Crippen molar-refractivity contribution in [1.29, 1.82) is 0 Å². The Kier molecular flexibility index (Phi) is 5.77. The van der Waals surface area contributed by atoms with Crippen LogP contribution in [0.15, 0.2) is 67.1 Å². The molecule has 0 bridgehead atoms. The molecule has 160 valence electrons. The first kappa shape index (κ1) is 20.9. The minimum Gasteiger partial charge on any atom is -0.618 e. The van der Waals surface area contributed by atoms with Crippen molar-refractivity contribution >= 4 is 29.2 Å². The van der Waals surface area contributed by atoms with E-state index >= 15 is 0 Å². The van der Waals surface area contributed by atoms with E-state index in [1.54, 1.807) is 30.3 Å². The zero-order chi connectivity index (χ0) is 22.7. The highest BCUT2D eigenvalue weighted by Crippen LogP contribution is 2.28. The summed E-state index contributed by atoms with van der Waals surface area (Å²) in [6.45, 7) is 0. The van der Waals surface area contributed by atoms with E-state index in [1.807, 2.05) is 0 Å². The zero-order valence-corrected chi connectivity index (χ0v) is 17.1. The molecule has 0 atom stereocenters. The SMILES string of the molecule is O=C(Cc1ccc(-c2cc(Cl)ccc2-n2cnnn2)c[n+]1[O-])Nc1ccc(C(=O)O)cc1. The van der Waals surface area contributed by atoms with Crippen LogP contribution < -0.4 is 10.0 Å². The van der Waals surface area contributed by atoms with Crippen molar-refractivity contribution in [3.63, 3.8) is 0 Å². The Balaban J connectivity index is 1.54. The summed E-state index contributed by atoms with van der Waals surface area (Å²) in [5.74, 6) is -1.47. The van der Waals surface area contributed by atoms with E-state index < -0.39 is 11.9 Å². The van der Waals surface area contributed by atoms with Gasteiger partial charge in [0.2, 0.25) is 11.6 Å².